The molecule has 0 saturated carbocycles. The normalized spacial score (nSPS) is 8.54. The molecule has 59 heavy (non-hydrogen) atoms. The van der Waals surface area contributed by atoms with Crippen molar-refractivity contribution in [3.63, 3.8) is 0 Å². The van der Waals surface area contributed by atoms with Gasteiger partial charge in [0.25, 0.3) is 0 Å². The van der Waals surface area contributed by atoms with Crippen LogP contribution in [0.1, 0.15) is 0 Å². The van der Waals surface area contributed by atoms with Gasteiger partial charge in [-0.15, -0.1) is 0 Å². The molecule has 0 bridgehead atoms. The summed E-state index contributed by atoms with van der Waals surface area (Å²) in [6.07, 6.45) is 0. The van der Waals surface area contributed by atoms with Crippen LogP contribution in [0.5, 0.6) is 0 Å². The maximum Gasteiger partial charge on any atom is 0.180 e. The summed E-state index contributed by atoms with van der Waals surface area (Å²) in [5.41, 5.74) is 0. The van der Waals surface area contributed by atoms with Crippen LogP contribution >= 0.6 is 487 Å². The number of hydrogen-bond donors (Lipinski definition) is 0. The fourth-order valence-electron chi connectivity index (χ4n) is 0. The van der Waals surface area contributed by atoms with Gasteiger partial charge in [0.2, 0.25) is 0 Å². The van der Waals surface area contributed by atoms with Crippen molar-refractivity contribution in [1.82, 2.24) is 0 Å². The van der Waals surface area contributed by atoms with Gasteiger partial charge in [0.15, 0.2) is 60.1 Å². The minimum Gasteiger partial charge on any atom is -0.412 e. The topological polar surface area (TPSA) is 94.5 Å². The van der Waals surface area contributed by atoms with Crippen LogP contribution in [-0.4, -0.2) is 76.6 Å². The van der Waals surface area contributed by atoms with E-state index >= 15 is 0 Å². The van der Waals surface area contributed by atoms with Crippen molar-refractivity contribution in [2.45, 2.75) is 60.1 Å². The molecule has 0 atom stereocenters. The highest BCUT2D eigenvalue weighted by atomic mass is 35.6. The highest BCUT2D eigenvalue weighted by Crippen LogP contribution is 2.08. The van der Waals surface area contributed by atoms with E-state index in [1.807, 2.05) is 0 Å². The van der Waals surface area contributed by atoms with Gasteiger partial charge in [0.1, 0.15) is 0 Å². The van der Waals surface area contributed by atoms with Gasteiger partial charge in [0.05, 0.1) is 0 Å². The molecular formula is C14H20Cl42O3. The van der Waals surface area contributed by atoms with Crippen molar-refractivity contribution in [2.75, 3.05) is 0 Å². The third kappa shape index (κ3) is 2230. The van der Waals surface area contributed by atoms with E-state index < -0.39 is 60.1 Å². The van der Waals surface area contributed by atoms with Crippen molar-refractivity contribution in [3.05, 3.63) is 0 Å². The van der Waals surface area contributed by atoms with Crippen molar-refractivity contribution < 1.29 is 16.4 Å². The molecule has 0 rings (SSSR count). The Morgan fingerprint density at radius 3 is 0.0847 bits per heavy atom. The van der Waals surface area contributed by atoms with Crippen LogP contribution in [-0.2, 0) is 0 Å². The molecule has 0 amide bonds. The smallest absolute Gasteiger partial charge is 0.180 e. The fourth-order valence-corrected chi connectivity index (χ4v) is 0. The molecule has 3 nitrogen and oxygen atoms in total. The van der Waals surface area contributed by atoms with E-state index in [2.05, 4.69) is 0 Å². The summed E-state index contributed by atoms with van der Waals surface area (Å²) in [5, 5.41) is 0. The van der Waals surface area contributed by atoms with Crippen molar-refractivity contribution in [3.8, 4) is 0 Å². The second kappa shape index (κ2) is 114. The molecule has 0 saturated heterocycles. The van der Waals surface area contributed by atoms with Gasteiger partial charge < -0.3 is 16.4 Å². The number of alkyl halides is 42. The molecule has 45 heteroatoms. The Labute approximate surface area is 554 Å². The first-order valence-corrected chi connectivity index (χ1v) is 27.5. The summed E-state index contributed by atoms with van der Waals surface area (Å²) in [4.78, 5) is 0. The van der Waals surface area contributed by atoms with E-state index in [1.165, 1.54) is 0 Å². The first-order valence-electron chi connectivity index (χ1n) is 9.17. The van der Waals surface area contributed by atoms with Crippen molar-refractivity contribution in [1.29, 1.82) is 0 Å². The van der Waals surface area contributed by atoms with E-state index in [9.17, 15) is 0 Å². The lowest BCUT2D eigenvalue weighted by Crippen LogP contribution is -1.55. The lowest BCUT2D eigenvalue weighted by Gasteiger charge is -1.69. The number of hydrogen-bond acceptors (Lipinski definition) is 0. The minimum atomic E-state index is -0.750. The van der Waals surface area contributed by atoms with Crippen LogP contribution < -0.4 is 0 Å². The molecule has 0 aromatic heterocycles. The maximum absolute atomic E-state index is 4.81. The Bertz CT molecular complexity index is 289. The van der Waals surface area contributed by atoms with Crippen LogP contribution in [0.15, 0.2) is 0 Å². The van der Waals surface area contributed by atoms with Crippen LogP contribution in [0.25, 0.3) is 0 Å². The van der Waals surface area contributed by atoms with E-state index in [4.69, 9.17) is 487 Å². The maximum atomic E-state index is 4.81. The zero-order valence-corrected chi connectivity index (χ0v) is 57.2. The first-order chi connectivity index (χ1) is 24.2. The molecule has 0 radical (unpaired) electrons. The molecule has 0 aliphatic heterocycles. The van der Waals surface area contributed by atoms with Crippen molar-refractivity contribution >= 4 is 487 Å². The largest absolute Gasteiger partial charge is 0.412 e. The quantitative estimate of drug-likeness (QED) is 0.216. The lowest BCUT2D eigenvalue weighted by molar-refractivity contribution is 0.823. The highest BCUT2D eigenvalue weighted by Gasteiger charge is 1.83. The summed E-state index contributed by atoms with van der Waals surface area (Å²) in [6, 6.07) is 0. The summed E-state index contributed by atoms with van der Waals surface area (Å²) in [6.45, 7) is 0. The Balaban J connectivity index is -0.0000000214. The van der Waals surface area contributed by atoms with Crippen LogP contribution in [0.2, 0.25) is 0 Å². The zero-order valence-electron chi connectivity index (χ0n) is 25.5. The molecular weight excluding hydrogens is 1710 g/mol. The Kier molecular flexibility index (Phi) is 231. The van der Waals surface area contributed by atoms with Crippen LogP contribution in [0.3, 0.4) is 0 Å². The Morgan fingerprint density at radius 2 is 0.0847 bits per heavy atom. The molecule has 0 aromatic rings. The first kappa shape index (κ1) is 119. The third-order valence-electron chi connectivity index (χ3n) is 0. The number of rotatable bonds is 0. The molecule has 0 unspecified atom stereocenters. The summed E-state index contributed by atoms with van der Waals surface area (Å²) >= 11 is 202. The standard InChI is InChI=1S/14CHCl3.3H2O/c14*2-1(3)4;;;/h14*1H;3*1H2. The van der Waals surface area contributed by atoms with Crippen molar-refractivity contribution in [2.24, 2.45) is 0 Å². The second-order valence-electron chi connectivity index (χ2n) is 3.46. The SMILES string of the molecule is ClC(Cl)Cl.ClC(Cl)Cl.ClC(Cl)Cl.ClC(Cl)Cl.ClC(Cl)Cl.ClC(Cl)Cl.ClC(Cl)Cl.ClC(Cl)Cl.ClC(Cl)Cl.ClC(Cl)Cl.ClC(Cl)Cl.ClC(Cl)Cl.ClC(Cl)Cl.ClC(Cl)Cl.O.O.O. The monoisotopic (exact) mass is 1700 g/mol. The van der Waals surface area contributed by atoms with Gasteiger partial charge in [-0.05, 0) is 0 Å². The molecule has 0 spiro atoms. The molecule has 0 fully saturated rings. The predicted octanol–water partition coefficient (Wildman–Crippen LogP) is 25.3. The molecule has 0 aliphatic carbocycles. The Morgan fingerprint density at radius 1 is 0.0847 bits per heavy atom. The van der Waals surface area contributed by atoms with Gasteiger partial charge in [-0.1, -0.05) is 487 Å². The minimum absolute atomic E-state index is 0. The molecule has 0 aromatic carbocycles. The molecule has 0 heterocycles. The van der Waals surface area contributed by atoms with Gasteiger partial charge in [0, 0.05) is 0 Å². The second-order valence-corrected chi connectivity index (χ2v) is 31.2. The van der Waals surface area contributed by atoms with Gasteiger partial charge >= 0.3 is 0 Å². The van der Waals surface area contributed by atoms with E-state index in [-0.39, 0.29) is 16.4 Å². The zero-order chi connectivity index (χ0) is 50.1. The van der Waals surface area contributed by atoms with Gasteiger partial charge in [-0.25, -0.2) is 0 Å². The van der Waals surface area contributed by atoms with Gasteiger partial charge in [-0.3, -0.25) is 0 Å². The average Bonchev–Trinajstić information content (AvgIpc) is 2.73. The van der Waals surface area contributed by atoms with Crippen LogP contribution in [0.4, 0.5) is 0 Å². The van der Waals surface area contributed by atoms with E-state index in [0.717, 1.165) is 0 Å². The molecule has 6 N–H and O–H groups in total. The Hall–Kier alpha value is 12.1. The fraction of sp³-hybridized carbons (Fsp3) is 1.00. The van der Waals surface area contributed by atoms with Gasteiger partial charge in [-0.2, -0.15) is 0 Å². The third-order valence-corrected chi connectivity index (χ3v) is 0. The predicted molar refractivity (Wildman–Crippen MR) is 310 cm³/mol. The summed E-state index contributed by atoms with van der Waals surface area (Å²) in [7, 11) is 0. The van der Waals surface area contributed by atoms with E-state index in [0.29, 0.717) is 0 Å². The average molecular weight is 1730 g/mol. The van der Waals surface area contributed by atoms with Crippen LogP contribution in [0, 0.1) is 0 Å². The lowest BCUT2D eigenvalue weighted by atomic mass is 11.9. The molecule has 388 valence electrons. The summed E-state index contributed by atoms with van der Waals surface area (Å²) in [5.74, 6) is 0. The number of halogens is 42. The highest BCUT2D eigenvalue weighted by molar-refractivity contribution is 6.68. The van der Waals surface area contributed by atoms with E-state index in [1.54, 1.807) is 0 Å². The molecule has 0 aliphatic rings. The summed E-state index contributed by atoms with van der Waals surface area (Å²) < 4.78 is -10.5.